The number of hydrogen-bond acceptors (Lipinski definition) is 1. The molecule has 4 rings (SSSR count). The third-order valence-corrected chi connectivity index (χ3v) is 6.17. The van der Waals surface area contributed by atoms with E-state index in [2.05, 4.69) is 78.3 Å². The Morgan fingerprint density at radius 3 is 2.57 bits per heavy atom. The van der Waals surface area contributed by atoms with Crippen molar-refractivity contribution in [2.75, 3.05) is 0 Å². The van der Waals surface area contributed by atoms with Gasteiger partial charge in [-0.25, -0.2) is 4.98 Å². The molecule has 0 saturated carbocycles. The van der Waals surface area contributed by atoms with Crippen molar-refractivity contribution in [2.45, 2.75) is 24.1 Å². The van der Waals surface area contributed by atoms with Crippen LogP contribution in [0.4, 0.5) is 0 Å². The number of para-hydroxylation sites is 1. The molecule has 2 heteroatoms. The van der Waals surface area contributed by atoms with Crippen molar-refractivity contribution in [3.8, 4) is 11.3 Å². The molecule has 0 amide bonds. The lowest BCUT2D eigenvalue weighted by Crippen LogP contribution is -2.28. The van der Waals surface area contributed by atoms with E-state index in [-0.39, 0.29) is 10.2 Å². The van der Waals surface area contributed by atoms with Gasteiger partial charge < -0.3 is 0 Å². The van der Waals surface area contributed by atoms with Gasteiger partial charge in [0, 0.05) is 16.4 Å². The molecule has 1 aromatic heterocycles. The monoisotopic (exact) mass is 337 g/mol. The van der Waals surface area contributed by atoms with Crippen molar-refractivity contribution in [3.63, 3.8) is 0 Å². The average molecular weight is 338 g/mol. The lowest BCUT2D eigenvalue weighted by Gasteiger charge is -2.38. The summed E-state index contributed by atoms with van der Waals surface area (Å²) in [6.45, 7) is 4.59. The van der Waals surface area contributed by atoms with E-state index in [0.29, 0.717) is 0 Å². The number of alkyl halides is 1. The summed E-state index contributed by atoms with van der Waals surface area (Å²) in [5.74, 6) is 0. The molecule has 1 aliphatic rings. The fourth-order valence-corrected chi connectivity index (χ4v) is 3.91. The Morgan fingerprint density at radius 2 is 1.71 bits per heavy atom. The lowest BCUT2D eigenvalue weighted by molar-refractivity contribution is 0.511. The fourth-order valence-electron chi connectivity index (χ4n) is 3.32. The second kappa shape index (κ2) is 4.41. The zero-order chi connectivity index (χ0) is 14.6. The van der Waals surface area contributed by atoms with Crippen LogP contribution >= 0.6 is 15.9 Å². The molecule has 3 aromatic rings. The highest BCUT2D eigenvalue weighted by Crippen LogP contribution is 2.52. The van der Waals surface area contributed by atoms with Crippen molar-refractivity contribution in [1.29, 1.82) is 0 Å². The van der Waals surface area contributed by atoms with E-state index < -0.39 is 0 Å². The van der Waals surface area contributed by atoms with Gasteiger partial charge in [-0.3, -0.25) is 0 Å². The van der Waals surface area contributed by atoms with Gasteiger partial charge in [0.1, 0.15) is 0 Å². The zero-order valence-corrected chi connectivity index (χ0v) is 13.7. The maximum absolute atomic E-state index is 4.94. The normalized spacial score (nSPS) is 19.1. The van der Waals surface area contributed by atoms with Gasteiger partial charge in [-0.05, 0) is 23.3 Å². The first-order valence-electron chi connectivity index (χ1n) is 7.22. The van der Waals surface area contributed by atoms with Crippen molar-refractivity contribution in [3.05, 3.63) is 65.7 Å². The highest BCUT2D eigenvalue weighted by atomic mass is 79.9. The molecule has 1 heterocycles. The van der Waals surface area contributed by atoms with Crippen molar-refractivity contribution in [2.24, 2.45) is 0 Å². The third kappa shape index (κ3) is 1.78. The minimum atomic E-state index is 0.0493. The van der Waals surface area contributed by atoms with Gasteiger partial charge in [0.2, 0.25) is 0 Å². The number of fused-ring (bicyclic) bond motifs is 4. The summed E-state index contributed by atoms with van der Waals surface area (Å²) in [5.41, 5.74) is 6.14. The van der Waals surface area contributed by atoms with Crippen molar-refractivity contribution >= 4 is 26.8 Å². The minimum absolute atomic E-state index is 0.0493. The van der Waals surface area contributed by atoms with Crippen LogP contribution in [0, 0.1) is 0 Å². The van der Waals surface area contributed by atoms with Crippen LogP contribution in [0.1, 0.15) is 29.8 Å². The van der Waals surface area contributed by atoms with Gasteiger partial charge in [-0.2, -0.15) is 0 Å². The Hall–Kier alpha value is -1.67. The van der Waals surface area contributed by atoms with Crippen molar-refractivity contribution in [1.82, 2.24) is 4.98 Å². The number of hydrogen-bond donors (Lipinski definition) is 0. The smallest absolute Gasteiger partial charge is 0.0756 e. The Labute approximate surface area is 133 Å². The predicted octanol–water partition coefficient (Wildman–Crippen LogP) is 5.63. The summed E-state index contributed by atoms with van der Waals surface area (Å²) in [5, 5.41) is 1.20. The van der Waals surface area contributed by atoms with Crippen molar-refractivity contribution < 1.29 is 0 Å². The average Bonchev–Trinajstić information content (AvgIpc) is 2.52. The molecule has 1 nitrogen and oxygen atoms in total. The first-order valence-corrected chi connectivity index (χ1v) is 8.14. The van der Waals surface area contributed by atoms with Gasteiger partial charge in [0.05, 0.1) is 16.0 Å². The molecule has 21 heavy (non-hydrogen) atoms. The SMILES string of the molecule is CC1(C)c2ccccc2-c2nc3ccccc3cc2C1Br. The lowest BCUT2D eigenvalue weighted by atomic mass is 9.71. The number of rotatable bonds is 0. The fraction of sp³-hybridized carbons (Fsp3) is 0.211. The molecule has 1 aliphatic carbocycles. The molecular formula is C19H16BrN. The molecular weight excluding hydrogens is 322 g/mol. The maximum atomic E-state index is 4.94. The summed E-state index contributed by atoms with van der Waals surface area (Å²) in [6.07, 6.45) is 0. The van der Waals surface area contributed by atoms with Crippen LogP contribution in [0.5, 0.6) is 0 Å². The molecule has 0 radical (unpaired) electrons. The van der Waals surface area contributed by atoms with Crippen LogP contribution in [0.25, 0.3) is 22.2 Å². The number of aromatic nitrogens is 1. The Bertz CT molecular complexity index is 851. The van der Waals surface area contributed by atoms with E-state index in [1.807, 2.05) is 6.07 Å². The molecule has 0 bridgehead atoms. The first-order chi connectivity index (χ1) is 10.1. The van der Waals surface area contributed by atoms with E-state index >= 15 is 0 Å². The van der Waals surface area contributed by atoms with Crippen LogP contribution in [-0.4, -0.2) is 4.98 Å². The standard InChI is InChI=1S/C19H16BrN/c1-19(2)15-9-5-4-8-13(15)17-14(18(19)20)11-12-7-3-6-10-16(12)21-17/h3-11,18H,1-2H3. The Kier molecular flexibility index (Phi) is 2.74. The molecule has 1 unspecified atom stereocenters. The number of benzene rings is 2. The number of halogens is 1. The first kappa shape index (κ1) is 13.0. The molecule has 1 atom stereocenters. The highest BCUT2D eigenvalue weighted by Gasteiger charge is 2.39. The van der Waals surface area contributed by atoms with E-state index in [9.17, 15) is 0 Å². The summed E-state index contributed by atoms with van der Waals surface area (Å²) in [4.78, 5) is 5.21. The molecule has 0 fully saturated rings. The Morgan fingerprint density at radius 1 is 1.00 bits per heavy atom. The summed E-state index contributed by atoms with van der Waals surface area (Å²) in [7, 11) is 0. The zero-order valence-electron chi connectivity index (χ0n) is 12.1. The van der Waals surface area contributed by atoms with Gasteiger partial charge in [0.15, 0.2) is 0 Å². The van der Waals surface area contributed by atoms with E-state index in [4.69, 9.17) is 4.98 Å². The minimum Gasteiger partial charge on any atom is -0.247 e. The van der Waals surface area contributed by atoms with Gasteiger partial charge >= 0.3 is 0 Å². The maximum Gasteiger partial charge on any atom is 0.0756 e. The Balaban J connectivity index is 2.12. The second-order valence-corrected chi connectivity index (χ2v) is 7.16. The van der Waals surface area contributed by atoms with E-state index in [0.717, 1.165) is 11.2 Å². The molecule has 0 saturated heterocycles. The highest BCUT2D eigenvalue weighted by molar-refractivity contribution is 9.09. The van der Waals surface area contributed by atoms with Crippen LogP contribution in [-0.2, 0) is 5.41 Å². The van der Waals surface area contributed by atoms with Crippen LogP contribution < -0.4 is 0 Å². The molecule has 0 spiro atoms. The summed E-state index contributed by atoms with van der Waals surface area (Å²) < 4.78 is 0. The second-order valence-electron chi connectivity index (χ2n) is 6.25. The van der Waals surface area contributed by atoms with Crippen LogP contribution in [0.2, 0.25) is 0 Å². The third-order valence-electron chi connectivity index (χ3n) is 4.54. The van der Waals surface area contributed by atoms with Crippen LogP contribution in [0.15, 0.2) is 54.6 Å². The predicted molar refractivity (Wildman–Crippen MR) is 91.9 cm³/mol. The van der Waals surface area contributed by atoms with E-state index in [1.54, 1.807) is 0 Å². The summed E-state index contributed by atoms with van der Waals surface area (Å²) >= 11 is 3.92. The van der Waals surface area contributed by atoms with E-state index in [1.165, 1.54) is 22.1 Å². The quantitative estimate of drug-likeness (QED) is 0.484. The van der Waals surface area contributed by atoms with Crippen LogP contribution in [0.3, 0.4) is 0 Å². The summed E-state index contributed by atoms with van der Waals surface area (Å²) in [6, 6.07) is 19.3. The van der Waals surface area contributed by atoms with Gasteiger partial charge in [-0.15, -0.1) is 0 Å². The topological polar surface area (TPSA) is 12.9 Å². The number of nitrogens with zero attached hydrogens (tertiary/aromatic N) is 1. The number of pyridine rings is 1. The van der Waals surface area contributed by atoms with Gasteiger partial charge in [-0.1, -0.05) is 72.2 Å². The molecule has 0 N–H and O–H groups in total. The largest absolute Gasteiger partial charge is 0.247 e. The molecule has 104 valence electrons. The molecule has 2 aromatic carbocycles. The van der Waals surface area contributed by atoms with Gasteiger partial charge in [0.25, 0.3) is 0 Å². The molecule has 0 aliphatic heterocycles.